The van der Waals surface area contributed by atoms with Crippen molar-refractivity contribution in [3.05, 3.63) is 70.8 Å². The van der Waals surface area contributed by atoms with E-state index in [0.29, 0.717) is 18.6 Å². The predicted molar refractivity (Wildman–Crippen MR) is 264 cm³/mol. The van der Waals surface area contributed by atoms with Gasteiger partial charge in [-0.3, -0.25) is 9.59 Å². The van der Waals surface area contributed by atoms with Gasteiger partial charge in [-0.1, -0.05) is 193 Å². The first kappa shape index (κ1) is 53.7. The Bertz CT molecular complexity index is 1380. The summed E-state index contributed by atoms with van der Waals surface area (Å²) in [5.74, 6) is 5.91. The average Bonchev–Trinajstić information content (AvgIpc) is 3.28. The molecule has 0 radical (unpaired) electrons. The van der Waals surface area contributed by atoms with Gasteiger partial charge in [-0.25, -0.2) is 0 Å². The van der Waals surface area contributed by atoms with Gasteiger partial charge < -0.3 is 9.47 Å². The van der Waals surface area contributed by atoms with E-state index in [4.69, 9.17) is 9.47 Å². The lowest BCUT2D eigenvalue weighted by atomic mass is 9.59. The van der Waals surface area contributed by atoms with Gasteiger partial charge in [0.05, 0.1) is 25.0 Å². The number of benzene rings is 2. The molecule has 0 aromatic heterocycles. The van der Waals surface area contributed by atoms with Gasteiger partial charge in [0.2, 0.25) is 0 Å². The summed E-state index contributed by atoms with van der Waals surface area (Å²) in [6.45, 7) is 28.5. The quantitative estimate of drug-likeness (QED) is 0.200. The number of hydrogen-bond donors (Lipinski definition) is 0. The molecular weight excluding hydrogens is 761 g/mol. The van der Waals surface area contributed by atoms with Crippen molar-refractivity contribution in [1.29, 1.82) is 0 Å². The smallest absolute Gasteiger partial charge is 0.308 e. The zero-order chi connectivity index (χ0) is 45.7. The van der Waals surface area contributed by atoms with E-state index in [9.17, 15) is 9.59 Å². The van der Waals surface area contributed by atoms with E-state index in [-0.39, 0.29) is 29.2 Å². The molecule has 0 spiro atoms. The fourth-order valence-electron chi connectivity index (χ4n) is 10.7. The molecule has 4 nitrogen and oxygen atoms in total. The van der Waals surface area contributed by atoms with Gasteiger partial charge in [0.25, 0.3) is 0 Å². The molecule has 4 aliphatic carbocycles. The van der Waals surface area contributed by atoms with Crippen molar-refractivity contribution in [3.63, 3.8) is 0 Å². The minimum absolute atomic E-state index is 0.0215. The molecule has 0 N–H and O–H groups in total. The van der Waals surface area contributed by atoms with Gasteiger partial charge in [0.1, 0.15) is 0 Å². The normalized spacial score (nSPS) is 26.5. The molecule has 2 aromatic rings. The number of hydrogen-bond acceptors (Lipinski definition) is 4. The van der Waals surface area contributed by atoms with Crippen molar-refractivity contribution in [3.8, 4) is 0 Å². The largest absolute Gasteiger partial charge is 0.465 e. The zero-order valence-corrected chi connectivity index (χ0v) is 42.4. The lowest BCUT2D eigenvalue weighted by Crippen LogP contribution is -2.36. The van der Waals surface area contributed by atoms with Crippen molar-refractivity contribution in [2.24, 2.45) is 52.8 Å². The molecule has 0 aliphatic heterocycles. The van der Waals surface area contributed by atoms with E-state index in [1.165, 1.54) is 112 Å². The summed E-state index contributed by atoms with van der Waals surface area (Å²) in [6.07, 6.45) is 25.5. The van der Waals surface area contributed by atoms with Gasteiger partial charge in [0, 0.05) is 5.41 Å². The van der Waals surface area contributed by atoms with Crippen molar-refractivity contribution >= 4 is 11.9 Å². The maximum atomic E-state index is 11.7. The molecule has 4 saturated carbocycles. The molecule has 0 saturated heterocycles. The number of carbonyl (C=O) groups excluding carboxylic acids is 2. The van der Waals surface area contributed by atoms with E-state index < -0.39 is 0 Å². The Morgan fingerprint density at radius 1 is 0.484 bits per heavy atom. The fourth-order valence-corrected chi connectivity index (χ4v) is 10.7. The Morgan fingerprint density at radius 2 is 0.790 bits per heavy atom. The van der Waals surface area contributed by atoms with E-state index in [1.807, 2.05) is 13.8 Å². The zero-order valence-electron chi connectivity index (χ0n) is 42.4. The summed E-state index contributed by atoms with van der Waals surface area (Å²) < 4.78 is 10.3. The minimum Gasteiger partial charge on any atom is -0.465 e. The number of ether oxygens (including phenoxy) is 2. The van der Waals surface area contributed by atoms with E-state index in [2.05, 4.69) is 118 Å². The van der Waals surface area contributed by atoms with Gasteiger partial charge in [-0.2, -0.15) is 0 Å². The molecule has 0 amide bonds. The molecule has 0 bridgehead atoms. The summed E-state index contributed by atoms with van der Waals surface area (Å²) >= 11 is 0. The Hall–Kier alpha value is -2.62. The average molecular weight is 857 g/mol. The number of rotatable bonds is 12. The van der Waals surface area contributed by atoms with Crippen LogP contribution in [-0.2, 0) is 24.5 Å². The molecule has 62 heavy (non-hydrogen) atoms. The van der Waals surface area contributed by atoms with Crippen LogP contribution in [0.3, 0.4) is 0 Å². The fraction of sp³-hybridized carbons (Fsp3) is 0.759. The first-order valence-corrected chi connectivity index (χ1v) is 26.0. The summed E-state index contributed by atoms with van der Waals surface area (Å²) in [5, 5.41) is 0. The van der Waals surface area contributed by atoms with E-state index >= 15 is 0 Å². The lowest BCUT2D eigenvalue weighted by molar-refractivity contribution is -0.155. The van der Waals surface area contributed by atoms with Crippen LogP contribution < -0.4 is 0 Å². The molecule has 6 rings (SSSR count). The van der Waals surface area contributed by atoms with Crippen LogP contribution in [0.25, 0.3) is 0 Å². The summed E-state index contributed by atoms with van der Waals surface area (Å²) in [5.41, 5.74) is 6.04. The predicted octanol–water partition coefficient (Wildman–Crippen LogP) is 16.6. The molecule has 4 fully saturated rings. The molecular formula is C58H96O4. The van der Waals surface area contributed by atoms with Crippen LogP contribution in [0.1, 0.15) is 220 Å². The van der Waals surface area contributed by atoms with Crippen LogP contribution in [0.2, 0.25) is 0 Å². The lowest BCUT2D eigenvalue weighted by Gasteiger charge is -2.46. The van der Waals surface area contributed by atoms with Crippen molar-refractivity contribution < 1.29 is 19.1 Å². The Kier molecular flexibility index (Phi) is 24.0. The highest BCUT2D eigenvalue weighted by Gasteiger charge is 2.39. The van der Waals surface area contributed by atoms with E-state index in [0.717, 1.165) is 74.0 Å². The van der Waals surface area contributed by atoms with Crippen LogP contribution in [0, 0.1) is 66.6 Å². The minimum atomic E-state index is -0.0998. The van der Waals surface area contributed by atoms with Crippen molar-refractivity contribution in [2.45, 2.75) is 217 Å². The summed E-state index contributed by atoms with van der Waals surface area (Å²) in [4.78, 5) is 23.3. The Morgan fingerprint density at radius 3 is 1.06 bits per heavy atom. The molecule has 352 valence electrons. The first-order chi connectivity index (χ1) is 29.5. The maximum Gasteiger partial charge on any atom is 0.308 e. The molecule has 0 unspecified atom stereocenters. The van der Waals surface area contributed by atoms with Crippen LogP contribution >= 0.6 is 0 Å². The third-order valence-corrected chi connectivity index (χ3v) is 16.1. The third kappa shape index (κ3) is 17.7. The second-order valence-corrected chi connectivity index (χ2v) is 21.7. The van der Waals surface area contributed by atoms with Crippen LogP contribution in [0.4, 0.5) is 0 Å². The highest BCUT2D eigenvalue weighted by atomic mass is 16.5. The highest BCUT2D eigenvalue weighted by Crippen LogP contribution is 2.49. The highest BCUT2D eigenvalue weighted by molar-refractivity contribution is 5.75. The number of esters is 2. The molecule has 0 atom stereocenters. The third-order valence-electron chi connectivity index (χ3n) is 16.1. The summed E-state index contributed by atoms with van der Waals surface area (Å²) in [6, 6.07) is 17.7. The maximum absolute atomic E-state index is 11.7. The van der Waals surface area contributed by atoms with Crippen molar-refractivity contribution in [1.82, 2.24) is 0 Å². The SMILES string of the molecule is CC1CCC(C(C)(C)C2CCC(C)CC2)CC1.CCC1CCC(CC)CC1.CCCOC(=O)C1CCC(C(=O)OCCC)CC1.Cc1ccc(C(C)(C)c2ccc(C)cc2)cc1. The summed E-state index contributed by atoms with van der Waals surface area (Å²) in [7, 11) is 0. The second-order valence-electron chi connectivity index (χ2n) is 21.7. The van der Waals surface area contributed by atoms with Gasteiger partial charge in [-0.05, 0) is 130 Å². The number of carbonyl (C=O) groups is 2. The van der Waals surface area contributed by atoms with Crippen molar-refractivity contribution in [2.75, 3.05) is 13.2 Å². The Labute approximate surface area is 383 Å². The molecule has 2 aromatic carbocycles. The molecule has 4 heteroatoms. The first-order valence-electron chi connectivity index (χ1n) is 26.0. The topological polar surface area (TPSA) is 52.6 Å². The number of aryl methyl sites for hydroxylation is 2. The molecule has 0 heterocycles. The van der Waals surface area contributed by atoms with Gasteiger partial charge >= 0.3 is 11.9 Å². The van der Waals surface area contributed by atoms with Crippen LogP contribution in [0.15, 0.2) is 48.5 Å². The van der Waals surface area contributed by atoms with Gasteiger partial charge in [0.15, 0.2) is 0 Å². The van der Waals surface area contributed by atoms with Gasteiger partial charge in [-0.15, -0.1) is 0 Å². The van der Waals surface area contributed by atoms with Crippen LogP contribution in [0.5, 0.6) is 0 Å². The monoisotopic (exact) mass is 857 g/mol. The second kappa shape index (κ2) is 27.6. The Balaban J connectivity index is 0.000000224. The molecule has 4 aliphatic rings. The standard InChI is InChI=1S/C17H32.C17H20.C14H24O4.C10H20/c2*1-13-5-9-15(10-6-13)17(3,4)16-11-7-14(2)8-12-16;1-3-9-17-13(15)11-5-7-12(8-6-11)14(16)18-10-4-2;1-3-9-5-7-10(4-2)8-6-9/h13-16H,5-12H2,1-4H3;5-12H,1-4H3;11-12H,3-10H2,1-2H3;9-10H,3-8H2,1-2H3. The van der Waals surface area contributed by atoms with Crippen LogP contribution in [-0.4, -0.2) is 25.2 Å². The van der Waals surface area contributed by atoms with E-state index in [1.54, 1.807) is 0 Å².